The lowest BCUT2D eigenvalue weighted by Gasteiger charge is -2.30. The molecule has 0 aliphatic heterocycles. The van der Waals surface area contributed by atoms with Crippen molar-refractivity contribution in [3.05, 3.63) is 48.0 Å². The minimum absolute atomic E-state index is 0.0328. The van der Waals surface area contributed by atoms with Gasteiger partial charge in [0.1, 0.15) is 17.6 Å². The molecule has 1 aromatic carbocycles. The van der Waals surface area contributed by atoms with Crippen molar-refractivity contribution in [3.8, 4) is 5.75 Å². The standard InChI is InChI=1S/C21H28N4O2/c1-24-12-11-22-20(24)18(16-5-4-6-17(13-16)27-3)23-21(26)25(2)19(14-7-8-14)15-9-10-15/h4-6,11-15,18-19H,7-10H2,1-3H3,(H,23,26). The first-order valence-electron chi connectivity index (χ1n) is 9.73. The molecule has 1 aromatic heterocycles. The highest BCUT2D eigenvalue weighted by atomic mass is 16.5. The Hall–Kier alpha value is -2.50. The average Bonchev–Trinajstić information content (AvgIpc) is 3.61. The molecule has 144 valence electrons. The Morgan fingerprint density at radius 2 is 2.00 bits per heavy atom. The first-order valence-corrected chi connectivity index (χ1v) is 9.73. The molecule has 0 radical (unpaired) electrons. The number of carbonyl (C=O) groups excluding carboxylic acids is 1. The van der Waals surface area contributed by atoms with E-state index in [1.165, 1.54) is 25.7 Å². The van der Waals surface area contributed by atoms with Crippen LogP contribution in [0.2, 0.25) is 0 Å². The lowest BCUT2D eigenvalue weighted by atomic mass is 10.0. The number of hydrogen-bond acceptors (Lipinski definition) is 3. The van der Waals surface area contributed by atoms with Gasteiger partial charge in [-0.1, -0.05) is 12.1 Å². The zero-order chi connectivity index (χ0) is 19.0. The molecule has 2 saturated carbocycles. The molecule has 0 bridgehead atoms. The van der Waals surface area contributed by atoms with Crippen LogP contribution in [0.4, 0.5) is 4.79 Å². The van der Waals surface area contributed by atoms with Crippen LogP contribution in [-0.4, -0.2) is 40.7 Å². The first-order chi connectivity index (χ1) is 13.1. The zero-order valence-electron chi connectivity index (χ0n) is 16.3. The molecule has 1 unspecified atom stereocenters. The van der Waals surface area contributed by atoms with E-state index in [0.29, 0.717) is 17.9 Å². The van der Waals surface area contributed by atoms with Crippen LogP contribution in [0.3, 0.4) is 0 Å². The predicted octanol–water partition coefficient (Wildman–Crippen LogP) is 3.35. The molecule has 27 heavy (non-hydrogen) atoms. The van der Waals surface area contributed by atoms with Gasteiger partial charge in [-0.05, 0) is 55.2 Å². The summed E-state index contributed by atoms with van der Waals surface area (Å²) in [6.45, 7) is 0. The molecular formula is C21H28N4O2. The molecule has 4 rings (SSSR count). The minimum Gasteiger partial charge on any atom is -0.497 e. The number of aryl methyl sites for hydroxylation is 1. The zero-order valence-corrected chi connectivity index (χ0v) is 16.3. The van der Waals surface area contributed by atoms with Gasteiger partial charge in [0, 0.05) is 32.5 Å². The second-order valence-electron chi connectivity index (χ2n) is 7.83. The van der Waals surface area contributed by atoms with Crippen LogP contribution < -0.4 is 10.1 Å². The molecule has 1 heterocycles. The Morgan fingerprint density at radius 1 is 1.30 bits per heavy atom. The van der Waals surface area contributed by atoms with Crippen LogP contribution >= 0.6 is 0 Å². The Morgan fingerprint density at radius 3 is 2.56 bits per heavy atom. The van der Waals surface area contributed by atoms with Crippen molar-refractivity contribution in [2.24, 2.45) is 18.9 Å². The number of imidazole rings is 1. The number of nitrogens with zero attached hydrogens (tertiary/aromatic N) is 3. The summed E-state index contributed by atoms with van der Waals surface area (Å²) >= 11 is 0. The number of amides is 2. The summed E-state index contributed by atoms with van der Waals surface area (Å²) in [5.41, 5.74) is 0.958. The number of benzene rings is 1. The van der Waals surface area contributed by atoms with Gasteiger partial charge in [0.15, 0.2) is 0 Å². The van der Waals surface area contributed by atoms with Crippen LogP contribution in [-0.2, 0) is 7.05 Å². The summed E-state index contributed by atoms with van der Waals surface area (Å²) in [5.74, 6) is 2.93. The van der Waals surface area contributed by atoms with Crippen LogP contribution in [0.15, 0.2) is 36.7 Å². The van der Waals surface area contributed by atoms with E-state index in [9.17, 15) is 4.79 Å². The Kier molecular flexibility index (Phi) is 4.81. The van der Waals surface area contributed by atoms with E-state index >= 15 is 0 Å². The van der Waals surface area contributed by atoms with Crippen molar-refractivity contribution in [2.75, 3.05) is 14.2 Å². The average molecular weight is 368 g/mol. The second kappa shape index (κ2) is 7.25. The smallest absolute Gasteiger partial charge is 0.318 e. The maximum absolute atomic E-state index is 13.1. The Balaban J connectivity index is 1.58. The lowest BCUT2D eigenvalue weighted by Crippen LogP contribution is -2.47. The molecule has 0 saturated heterocycles. The summed E-state index contributed by atoms with van der Waals surface area (Å²) in [6.07, 6.45) is 8.65. The number of urea groups is 1. The monoisotopic (exact) mass is 368 g/mol. The van der Waals surface area contributed by atoms with Gasteiger partial charge < -0.3 is 19.5 Å². The maximum atomic E-state index is 13.1. The van der Waals surface area contributed by atoms with E-state index in [4.69, 9.17) is 4.74 Å². The van der Waals surface area contributed by atoms with Crippen molar-refractivity contribution in [1.29, 1.82) is 0 Å². The molecule has 6 nitrogen and oxygen atoms in total. The number of carbonyl (C=O) groups is 1. The van der Waals surface area contributed by atoms with E-state index in [-0.39, 0.29) is 12.1 Å². The maximum Gasteiger partial charge on any atom is 0.318 e. The molecule has 1 N–H and O–H groups in total. The third-order valence-electron chi connectivity index (χ3n) is 5.79. The van der Waals surface area contributed by atoms with Gasteiger partial charge >= 0.3 is 6.03 Å². The number of aromatic nitrogens is 2. The third kappa shape index (κ3) is 3.80. The highest BCUT2D eigenvalue weighted by molar-refractivity contribution is 5.75. The summed E-state index contributed by atoms with van der Waals surface area (Å²) < 4.78 is 7.32. The Labute approximate surface area is 160 Å². The van der Waals surface area contributed by atoms with E-state index in [0.717, 1.165) is 17.1 Å². The van der Waals surface area contributed by atoms with Crippen molar-refractivity contribution < 1.29 is 9.53 Å². The molecule has 2 fully saturated rings. The summed E-state index contributed by atoms with van der Waals surface area (Å²) in [6, 6.07) is 7.82. The fraction of sp³-hybridized carbons (Fsp3) is 0.524. The number of hydrogen-bond donors (Lipinski definition) is 1. The fourth-order valence-corrected chi connectivity index (χ4v) is 4.03. The fourth-order valence-electron chi connectivity index (χ4n) is 4.03. The predicted molar refractivity (Wildman–Crippen MR) is 104 cm³/mol. The van der Waals surface area contributed by atoms with E-state index < -0.39 is 0 Å². The van der Waals surface area contributed by atoms with E-state index in [1.54, 1.807) is 13.3 Å². The van der Waals surface area contributed by atoms with Gasteiger partial charge in [-0.2, -0.15) is 0 Å². The first kappa shape index (κ1) is 17.9. The quantitative estimate of drug-likeness (QED) is 0.815. The molecule has 2 aliphatic carbocycles. The normalized spacial score (nSPS) is 17.6. The second-order valence-corrected chi connectivity index (χ2v) is 7.83. The van der Waals surface area contributed by atoms with Gasteiger partial charge in [0.2, 0.25) is 0 Å². The molecule has 6 heteroatoms. The minimum atomic E-state index is -0.325. The topological polar surface area (TPSA) is 59.4 Å². The molecular weight excluding hydrogens is 340 g/mol. The molecule has 2 aliphatic rings. The molecule has 2 aromatic rings. The van der Waals surface area contributed by atoms with Crippen LogP contribution in [0, 0.1) is 11.8 Å². The van der Waals surface area contributed by atoms with E-state index in [1.807, 2.05) is 54.0 Å². The third-order valence-corrected chi connectivity index (χ3v) is 5.79. The SMILES string of the molecule is COc1cccc(C(NC(=O)N(C)C(C2CC2)C2CC2)c2nccn2C)c1. The highest BCUT2D eigenvalue weighted by Crippen LogP contribution is 2.46. The van der Waals surface area contributed by atoms with Crippen molar-refractivity contribution in [2.45, 2.75) is 37.8 Å². The Bertz CT molecular complexity index is 798. The number of ether oxygens (including phenoxy) is 1. The van der Waals surface area contributed by atoms with Gasteiger partial charge in [-0.25, -0.2) is 9.78 Å². The summed E-state index contributed by atoms with van der Waals surface area (Å²) in [4.78, 5) is 19.6. The van der Waals surface area contributed by atoms with E-state index in [2.05, 4.69) is 10.3 Å². The largest absolute Gasteiger partial charge is 0.497 e. The summed E-state index contributed by atoms with van der Waals surface area (Å²) in [7, 11) is 5.54. The van der Waals surface area contributed by atoms with Gasteiger partial charge in [0.05, 0.1) is 7.11 Å². The van der Waals surface area contributed by atoms with Crippen molar-refractivity contribution >= 4 is 6.03 Å². The molecule has 1 atom stereocenters. The molecule has 2 amide bonds. The van der Waals surface area contributed by atoms with Crippen LogP contribution in [0.25, 0.3) is 0 Å². The van der Waals surface area contributed by atoms with Crippen LogP contribution in [0.1, 0.15) is 43.1 Å². The molecule has 0 spiro atoms. The number of methoxy groups -OCH3 is 1. The van der Waals surface area contributed by atoms with Gasteiger partial charge in [0.25, 0.3) is 0 Å². The lowest BCUT2D eigenvalue weighted by molar-refractivity contribution is 0.171. The summed E-state index contributed by atoms with van der Waals surface area (Å²) in [5, 5.41) is 3.22. The van der Waals surface area contributed by atoms with Crippen LogP contribution in [0.5, 0.6) is 5.75 Å². The van der Waals surface area contributed by atoms with Crippen molar-refractivity contribution in [1.82, 2.24) is 19.8 Å². The van der Waals surface area contributed by atoms with Gasteiger partial charge in [-0.3, -0.25) is 0 Å². The highest BCUT2D eigenvalue weighted by Gasteiger charge is 2.45. The van der Waals surface area contributed by atoms with Gasteiger partial charge in [-0.15, -0.1) is 0 Å². The van der Waals surface area contributed by atoms with Crippen molar-refractivity contribution in [3.63, 3.8) is 0 Å². The number of rotatable bonds is 7. The number of nitrogens with one attached hydrogen (secondary N) is 1.